The smallest absolute Gasteiger partial charge is 0.323 e. The average molecular weight is 615 g/mol. The van der Waals surface area contributed by atoms with Crippen molar-refractivity contribution in [3.63, 3.8) is 0 Å². The van der Waals surface area contributed by atoms with E-state index < -0.39 is 11.9 Å². The first kappa shape index (κ1) is 32.8. The van der Waals surface area contributed by atoms with E-state index in [2.05, 4.69) is 41.4 Å². The summed E-state index contributed by atoms with van der Waals surface area (Å²) in [5, 5.41) is 12.4. The van der Waals surface area contributed by atoms with Crippen LogP contribution in [0.4, 0.5) is 0 Å². The van der Waals surface area contributed by atoms with Gasteiger partial charge in [-0.25, -0.2) is 0 Å². The van der Waals surface area contributed by atoms with Crippen LogP contribution in [0, 0.1) is 5.92 Å². The molecule has 45 heavy (non-hydrogen) atoms. The molecule has 8 nitrogen and oxygen atoms in total. The van der Waals surface area contributed by atoms with E-state index in [1.54, 1.807) is 0 Å². The standard InChI is InChI=1S/C37H46N2O6/c1-24-33(22-39-19-7-10-32(39)35(42)45-37(3,4)5)43-36(44-34(24)29-13-11-26(23-40)12-14-29)30-17-15-28(16-18-30)31-9-6-8-27(20-31)21-38-25(2)41/h6,8-9,11-18,20,24,32-34,36,40H,7,10,19,21-23H2,1-5H3,(H,38,41). The molecule has 2 aliphatic heterocycles. The van der Waals surface area contributed by atoms with Crippen molar-refractivity contribution in [1.82, 2.24) is 10.2 Å². The summed E-state index contributed by atoms with van der Waals surface area (Å²) in [5.41, 5.74) is 5.39. The average Bonchev–Trinajstić information content (AvgIpc) is 3.49. The Hall–Kier alpha value is -3.56. The third kappa shape index (κ3) is 8.38. The lowest BCUT2D eigenvalue weighted by molar-refractivity contribution is -0.276. The van der Waals surface area contributed by atoms with Gasteiger partial charge in [-0.2, -0.15) is 0 Å². The zero-order chi connectivity index (χ0) is 32.1. The molecule has 3 aromatic rings. The van der Waals surface area contributed by atoms with Crippen LogP contribution in [-0.4, -0.2) is 52.7 Å². The van der Waals surface area contributed by atoms with Crippen molar-refractivity contribution in [1.29, 1.82) is 0 Å². The summed E-state index contributed by atoms with van der Waals surface area (Å²) >= 11 is 0. The normalized spacial score (nSPS) is 23.9. The number of nitrogens with zero attached hydrogens (tertiary/aromatic N) is 1. The highest BCUT2D eigenvalue weighted by Crippen LogP contribution is 2.42. The number of likely N-dealkylation sites (tertiary alicyclic amines) is 1. The fourth-order valence-corrected chi connectivity index (χ4v) is 6.16. The van der Waals surface area contributed by atoms with Gasteiger partial charge in [-0.05, 0) is 74.0 Å². The number of benzene rings is 3. The van der Waals surface area contributed by atoms with Gasteiger partial charge < -0.3 is 24.6 Å². The zero-order valence-electron chi connectivity index (χ0n) is 27.0. The van der Waals surface area contributed by atoms with Crippen LogP contribution in [0.2, 0.25) is 0 Å². The summed E-state index contributed by atoms with van der Waals surface area (Å²) in [6, 6.07) is 24.0. The van der Waals surface area contributed by atoms with Crippen molar-refractivity contribution >= 4 is 11.9 Å². The van der Waals surface area contributed by atoms with Crippen LogP contribution in [0.1, 0.15) is 82.1 Å². The SMILES string of the molecule is CC(=O)NCc1cccc(-c2ccc(C3OC(CN4CCCC4C(=O)OC(C)(C)C)C(C)C(c4ccc(CO)cc4)O3)cc2)c1. The fraction of sp³-hybridized carbons (Fsp3) is 0.459. The number of amides is 1. The molecule has 2 heterocycles. The van der Waals surface area contributed by atoms with Gasteiger partial charge >= 0.3 is 5.97 Å². The first-order chi connectivity index (χ1) is 21.5. The molecule has 2 fully saturated rings. The Balaban J connectivity index is 1.38. The molecule has 2 N–H and O–H groups in total. The molecular formula is C37H46N2O6. The van der Waals surface area contributed by atoms with Gasteiger partial charge in [0, 0.05) is 31.5 Å². The summed E-state index contributed by atoms with van der Waals surface area (Å²) in [6.07, 6.45) is 0.671. The number of carbonyl (C=O) groups excluding carboxylic acids is 2. The third-order valence-electron chi connectivity index (χ3n) is 8.56. The summed E-state index contributed by atoms with van der Waals surface area (Å²) in [6.45, 7) is 11.2. The van der Waals surface area contributed by atoms with Gasteiger partial charge in [0.25, 0.3) is 0 Å². The van der Waals surface area contributed by atoms with Gasteiger partial charge in [0.15, 0.2) is 6.29 Å². The molecule has 240 valence electrons. The van der Waals surface area contributed by atoms with E-state index in [1.807, 2.05) is 69.3 Å². The Kier molecular flexibility index (Phi) is 10.4. The van der Waals surface area contributed by atoms with Crippen LogP contribution >= 0.6 is 0 Å². The second-order valence-corrected chi connectivity index (χ2v) is 13.2. The van der Waals surface area contributed by atoms with Gasteiger partial charge in [-0.3, -0.25) is 14.5 Å². The second kappa shape index (κ2) is 14.3. The van der Waals surface area contributed by atoms with E-state index in [0.29, 0.717) is 13.1 Å². The Bertz CT molecular complexity index is 1450. The molecule has 2 aliphatic rings. The highest BCUT2D eigenvalue weighted by atomic mass is 16.7. The largest absolute Gasteiger partial charge is 0.459 e. The number of carbonyl (C=O) groups is 2. The Morgan fingerprint density at radius 2 is 1.67 bits per heavy atom. The van der Waals surface area contributed by atoms with Gasteiger partial charge in [0.2, 0.25) is 5.91 Å². The van der Waals surface area contributed by atoms with E-state index in [0.717, 1.165) is 52.8 Å². The molecule has 0 spiro atoms. The maximum absolute atomic E-state index is 13.1. The first-order valence-electron chi connectivity index (χ1n) is 15.9. The number of esters is 1. The molecule has 5 atom stereocenters. The van der Waals surface area contributed by atoms with Crippen LogP contribution in [-0.2, 0) is 37.0 Å². The van der Waals surface area contributed by atoms with E-state index in [4.69, 9.17) is 14.2 Å². The number of nitrogens with one attached hydrogen (secondary N) is 1. The van der Waals surface area contributed by atoms with Crippen LogP contribution in [0.25, 0.3) is 11.1 Å². The summed E-state index contributed by atoms with van der Waals surface area (Å²) < 4.78 is 19.1. The Morgan fingerprint density at radius 3 is 2.33 bits per heavy atom. The number of ether oxygens (including phenoxy) is 3. The summed E-state index contributed by atoms with van der Waals surface area (Å²) in [7, 11) is 0. The molecule has 1 amide bonds. The van der Waals surface area contributed by atoms with Crippen LogP contribution in [0.5, 0.6) is 0 Å². The molecule has 0 bridgehead atoms. The quantitative estimate of drug-likeness (QED) is 0.282. The second-order valence-electron chi connectivity index (χ2n) is 13.2. The highest BCUT2D eigenvalue weighted by molar-refractivity contribution is 5.76. The maximum Gasteiger partial charge on any atom is 0.323 e. The number of rotatable bonds is 9. The van der Waals surface area contributed by atoms with Gasteiger partial charge in [-0.15, -0.1) is 0 Å². The lowest BCUT2D eigenvalue weighted by atomic mass is 9.89. The van der Waals surface area contributed by atoms with Crippen molar-refractivity contribution in [2.24, 2.45) is 5.92 Å². The van der Waals surface area contributed by atoms with Crippen molar-refractivity contribution in [2.45, 2.75) is 90.8 Å². The molecule has 5 unspecified atom stereocenters. The molecule has 3 aromatic carbocycles. The van der Waals surface area contributed by atoms with Crippen molar-refractivity contribution < 1.29 is 28.9 Å². The summed E-state index contributed by atoms with van der Waals surface area (Å²) in [4.78, 5) is 26.7. The van der Waals surface area contributed by atoms with Crippen molar-refractivity contribution in [3.8, 4) is 11.1 Å². The van der Waals surface area contributed by atoms with Gasteiger partial charge in [0.05, 0.1) is 18.8 Å². The van der Waals surface area contributed by atoms with Crippen LogP contribution in [0.3, 0.4) is 0 Å². The number of hydrogen-bond acceptors (Lipinski definition) is 7. The van der Waals surface area contributed by atoms with E-state index >= 15 is 0 Å². The molecule has 0 aliphatic carbocycles. The highest BCUT2D eigenvalue weighted by Gasteiger charge is 2.42. The van der Waals surface area contributed by atoms with Gasteiger partial charge in [-0.1, -0.05) is 73.7 Å². The lowest BCUT2D eigenvalue weighted by Crippen LogP contribution is -2.48. The van der Waals surface area contributed by atoms with Crippen molar-refractivity contribution in [2.75, 3.05) is 13.1 Å². The summed E-state index contributed by atoms with van der Waals surface area (Å²) in [5.74, 6) is -0.228. The predicted octanol–water partition coefficient (Wildman–Crippen LogP) is 6.08. The molecule has 8 heteroatoms. The molecule has 0 saturated carbocycles. The Labute approximate surface area is 266 Å². The van der Waals surface area contributed by atoms with Crippen LogP contribution in [0.15, 0.2) is 72.8 Å². The topological polar surface area (TPSA) is 97.3 Å². The third-order valence-corrected chi connectivity index (χ3v) is 8.56. The minimum atomic E-state index is -0.601. The van der Waals surface area contributed by atoms with Crippen molar-refractivity contribution in [3.05, 3.63) is 95.1 Å². The Morgan fingerprint density at radius 1 is 0.956 bits per heavy atom. The fourth-order valence-electron chi connectivity index (χ4n) is 6.16. The molecular weight excluding hydrogens is 568 g/mol. The molecule has 2 saturated heterocycles. The minimum Gasteiger partial charge on any atom is -0.459 e. The predicted molar refractivity (Wildman–Crippen MR) is 173 cm³/mol. The monoisotopic (exact) mass is 614 g/mol. The molecule has 0 aromatic heterocycles. The lowest BCUT2D eigenvalue weighted by Gasteiger charge is -2.43. The van der Waals surface area contributed by atoms with Gasteiger partial charge in [0.1, 0.15) is 11.6 Å². The molecule has 5 rings (SSSR count). The molecule has 0 radical (unpaired) electrons. The number of hydrogen-bond donors (Lipinski definition) is 2. The first-order valence-corrected chi connectivity index (χ1v) is 15.9. The van der Waals surface area contributed by atoms with Crippen LogP contribution < -0.4 is 5.32 Å². The zero-order valence-corrected chi connectivity index (χ0v) is 27.0. The number of aliphatic hydroxyl groups excluding tert-OH is 1. The maximum atomic E-state index is 13.1. The van der Waals surface area contributed by atoms with E-state index in [1.165, 1.54) is 6.92 Å². The minimum absolute atomic E-state index is 0.00624. The number of aliphatic hydroxyl groups is 1. The van der Waals surface area contributed by atoms with E-state index in [9.17, 15) is 14.7 Å². The van der Waals surface area contributed by atoms with E-state index in [-0.39, 0.29) is 42.7 Å².